The molecule has 3 aromatic rings. The van der Waals surface area contributed by atoms with Crippen LogP contribution in [0.4, 0.5) is 14.7 Å². The minimum Gasteiger partial charge on any atom is -0.487 e. The standard InChI is InChI=1S/C24H26F2N4O3S/c1-3-16-12-28-24(29-13-16)30-8-6-17(7-9-30)15-33-23-20(25)10-18(11-21(23)26)22-5-4-19(14-27-22)34(2,31)32/h4-5,10-14,17H,3,6-9,15H2,1-2H3. The molecule has 0 aliphatic carbocycles. The third-order valence-electron chi connectivity index (χ3n) is 5.92. The molecule has 1 saturated heterocycles. The van der Waals surface area contributed by atoms with E-state index in [1.54, 1.807) is 0 Å². The van der Waals surface area contributed by atoms with E-state index in [2.05, 4.69) is 26.8 Å². The third kappa shape index (κ3) is 5.49. The van der Waals surface area contributed by atoms with Gasteiger partial charge in [-0.2, -0.15) is 0 Å². The van der Waals surface area contributed by atoms with Crippen LogP contribution in [0.5, 0.6) is 5.75 Å². The lowest BCUT2D eigenvalue weighted by molar-refractivity contribution is 0.207. The van der Waals surface area contributed by atoms with E-state index in [-0.39, 0.29) is 28.7 Å². The van der Waals surface area contributed by atoms with Crippen molar-refractivity contribution in [1.29, 1.82) is 0 Å². The molecule has 0 amide bonds. The summed E-state index contributed by atoms with van der Waals surface area (Å²) in [6, 6.07) is 5.05. The second-order valence-corrected chi connectivity index (χ2v) is 10.4. The van der Waals surface area contributed by atoms with Gasteiger partial charge < -0.3 is 9.64 Å². The minimum atomic E-state index is -3.41. The molecular formula is C24H26F2N4O3S. The van der Waals surface area contributed by atoms with Gasteiger partial charge in [0.25, 0.3) is 0 Å². The molecule has 0 radical (unpaired) electrons. The average Bonchev–Trinajstić information content (AvgIpc) is 2.83. The molecule has 0 saturated carbocycles. The summed E-state index contributed by atoms with van der Waals surface area (Å²) in [4.78, 5) is 15.0. The van der Waals surface area contributed by atoms with Gasteiger partial charge in [-0.15, -0.1) is 0 Å². The molecule has 0 spiro atoms. The van der Waals surface area contributed by atoms with E-state index >= 15 is 0 Å². The molecule has 2 aromatic heterocycles. The maximum Gasteiger partial charge on any atom is 0.225 e. The first kappa shape index (κ1) is 24.0. The summed E-state index contributed by atoms with van der Waals surface area (Å²) >= 11 is 0. The molecule has 7 nitrogen and oxygen atoms in total. The van der Waals surface area contributed by atoms with E-state index in [0.29, 0.717) is 5.95 Å². The van der Waals surface area contributed by atoms with Crippen LogP contribution in [0.1, 0.15) is 25.3 Å². The number of pyridine rings is 1. The molecular weight excluding hydrogens is 462 g/mol. The summed E-state index contributed by atoms with van der Waals surface area (Å²) in [6.07, 6.45) is 8.40. The fraction of sp³-hybridized carbons (Fsp3) is 0.375. The zero-order valence-electron chi connectivity index (χ0n) is 19.0. The second kappa shape index (κ2) is 10.0. The van der Waals surface area contributed by atoms with Crippen molar-refractivity contribution in [3.63, 3.8) is 0 Å². The van der Waals surface area contributed by atoms with E-state index in [0.717, 1.165) is 56.3 Å². The van der Waals surface area contributed by atoms with Crippen molar-refractivity contribution >= 4 is 15.8 Å². The highest BCUT2D eigenvalue weighted by Gasteiger charge is 2.23. The average molecular weight is 489 g/mol. The lowest BCUT2D eigenvalue weighted by atomic mass is 9.98. The van der Waals surface area contributed by atoms with Crippen LogP contribution in [0.15, 0.2) is 47.8 Å². The molecule has 1 aliphatic rings. The van der Waals surface area contributed by atoms with E-state index in [1.165, 1.54) is 18.3 Å². The Morgan fingerprint density at radius 3 is 2.21 bits per heavy atom. The maximum absolute atomic E-state index is 14.7. The molecule has 0 bridgehead atoms. The number of rotatable bonds is 7. The van der Waals surface area contributed by atoms with E-state index in [9.17, 15) is 17.2 Å². The molecule has 1 aromatic carbocycles. The lowest BCUT2D eigenvalue weighted by Gasteiger charge is -2.31. The summed E-state index contributed by atoms with van der Waals surface area (Å²) in [5, 5.41) is 0. The number of benzene rings is 1. The Morgan fingerprint density at radius 2 is 1.68 bits per heavy atom. The van der Waals surface area contributed by atoms with Gasteiger partial charge in [-0.1, -0.05) is 6.92 Å². The van der Waals surface area contributed by atoms with Crippen LogP contribution < -0.4 is 9.64 Å². The van der Waals surface area contributed by atoms with Crippen molar-refractivity contribution in [1.82, 2.24) is 15.0 Å². The molecule has 180 valence electrons. The predicted octanol–water partition coefficient (Wildman–Crippen LogP) is 4.08. The Kier molecular flexibility index (Phi) is 7.06. The molecule has 3 heterocycles. The first-order valence-corrected chi connectivity index (χ1v) is 13.0. The number of piperidine rings is 1. The number of aromatic nitrogens is 3. The third-order valence-corrected chi connectivity index (χ3v) is 7.02. The molecule has 10 heteroatoms. The van der Waals surface area contributed by atoms with Crippen molar-refractivity contribution in [3.05, 3.63) is 60.1 Å². The smallest absolute Gasteiger partial charge is 0.225 e. The predicted molar refractivity (Wildman–Crippen MR) is 125 cm³/mol. The van der Waals surface area contributed by atoms with Gasteiger partial charge in [0.15, 0.2) is 27.2 Å². The molecule has 0 N–H and O–H groups in total. The number of nitrogens with zero attached hydrogens (tertiary/aromatic N) is 4. The molecule has 1 fully saturated rings. The number of hydrogen-bond acceptors (Lipinski definition) is 7. The fourth-order valence-electron chi connectivity index (χ4n) is 3.81. The number of hydrogen-bond donors (Lipinski definition) is 0. The maximum atomic E-state index is 14.7. The topological polar surface area (TPSA) is 85.3 Å². The second-order valence-electron chi connectivity index (χ2n) is 8.41. The zero-order valence-corrected chi connectivity index (χ0v) is 19.9. The number of sulfone groups is 1. The van der Waals surface area contributed by atoms with Gasteiger partial charge >= 0.3 is 0 Å². The van der Waals surface area contributed by atoms with Gasteiger partial charge in [-0.05, 0) is 55.0 Å². The summed E-state index contributed by atoms with van der Waals surface area (Å²) < 4.78 is 58.0. The molecule has 4 rings (SSSR count). The van der Waals surface area contributed by atoms with Crippen molar-refractivity contribution in [2.75, 3.05) is 30.9 Å². The molecule has 0 atom stereocenters. The van der Waals surface area contributed by atoms with Crippen molar-refractivity contribution in [2.24, 2.45) is 5.92 Å². The van der Waals surface area contributed by atoms with Crippen molar-refractivity contribution < 1.29 is 21.9 Å². The lowest BCUT2D eigenvalue weighted by Crippen LogP contribution is -2.36. The number of ether oxygens (including phenoxy) is 1. The van der Waals surface area contributed by atoms with Gasteiger partial charge in [0.2, 0.25) is 5.95 Å². The van der Waals surface area contributed by atoms with Crippen LogP contribution in [0.3, 0.4) is 0 Å². The molecule has 0 unspecified atom stereocenters. The highest BCUT2D eigenvalue weighted by atomic mass is 32.2. The summed E-state index contributed by atoms with van der Waals surface area (Å²) in [5.41, 5.74) is 1.55. The van der Waals surface area contributed by atoms with E-state index in [1.807, 2.05) is 12.4 Å². The normalized spacial score (nSPS) is 14.9. The van der Waals surface area contributed by atoms with E-state index < -0.39 is 27.2 Å². The number of halogens is 2. The SMILES string of the molecule is CCc1cnc(N2CCC(COc3c(F)cc(-c4ccc(S(C)(=O)=O)cn4)cc3F)CC2)nc1. The monoisotopic (exact) mass is 488 g/mol. The Hall–Kier alpha value is -3.14. The first-order chi connectivity index (χ1) is 16.2. The molecule has 1 aliphatic heterocycles. The van der Waals surface area contributed by atoms with Crippen LogP contribution in [0.2, 0.25) is 0 Å². The Bertz CT molecular complexity index is 1220. The van der Waals surface area contributed by atoms with Crippen LogP contribution in [0, 0.1) is 17.6 Å². The summed E-state index contributed by atoms with van der Waals surface area (Å²) in [5.74, 6) is -1.22. The Labute approximate surface area is 197 Å². The molecule has 34 heavy (non-hydrogen) atoms. The van der Waals surface area contributed by atoms with Gasteiger partial charge in [-0.3, -0.25) is 4.98 Å². The van der Waals surface area contributed by atoms with Gasteiger partial charge in [0.05, 0.1) is 17.2 Å². The quantitative estimate of drug-likeness (QED) is 0.495. The van der Waals surface area contributed by atoms with Crippen molar-refractivity contribution in [3.8, 4) is 17.0 Å². The van der Waals surface area contributed by atoms with Crippen LogP contribution in [-0.2, 0) is 16.3 Å². The van der Waals surface area contributed by atoms with Crippen LogP contribution in [-0.4, -0.2) is 49.3 Å². The fourth-order valence-corrected chi connectivity index (χ4v) is 4.37. The highest BCUT2D eigenvalue weighted by molar-refractivity contribution is 7.90. The summed E-state index contributed by atoms with van der Waals surface area (Å²) in [6.45, 7) is 3.76. The zero-order chi connectivity index (χ0) is 24.3. The van der Waals surface area contributed by atoms with Gasteiger partial charge in [-0.25, -0.2) is 27.2 Å². The number of aryl methyl sites for hydroxylation is 1. The Balaban J connectivity index is 1.36. The first-order valence-electron chi connectivity index (χ1n) is 11.1. The number of anilines is 1. The summed E-state index contributed by atoms with van der Waals surface area (Å²) in [7, 11) is -3.41. The highest BCUT2D eigenvalue weighted by Crippen LogP contribution is 2.30. The van der Waals surface area contributed by atoms with Crippen molar-refractivity contribution in [2.45, 2.75) is 31.1 Å². The van der Waals surface area contributed by atoms with Gasteiger partial charge in [0.1, 0.15) is 0 Å². The van der Waals surface area contributed by atoms with Crippen LogP contribution in [0.25, 0.3) is 11.3 Å². The minimum absolute atomic E-state index is 0.0349. The Morgan fingerprint density at radius 1 is 1.03 bits per heavy atom. The largest absolute Gasteiger partial charge is 0.487 e. The van der Waals surface area contributed by atoms with Gasteiger partial charge in [0, 0.05) is 43.5 Å². The van der Waals surface area contributed by atoms with Crippen LogP contribution >= 0.6 is 0 Å². The van der Waals surface area contributed by atoms with E-state index in [4.69, 9.17) is 4.74 Å².